The molecule has 0 saturated carbocycles. The van der Waals surface area contributed by atoms with Crippen LogP contribution in [0.3, 0.4) is 0 Å². The van der Waals surface area contributed by atoms with Crippen LogP contribution < -0.4 is 10.1 Å². The van der Waals surface area contributed by atoms with Gasteiger partial charge in [0.2, 0.25) is 0 Å². The van der Waals surface area contributed by atoms with Crippen LogP contribution in [-0.2, 0) is 6.54 Å². The number of ether oxygens (including phenoxy) is 1. The van der Waals surface area contributed by atoms with Gasteiger partial charge in [-0.05, 0) is 6.07 Å². The maximum absolute atomic E-state index is 12.2. The Labute approximate surface area is 113 Å². The van der Waals surface area contributed by atoms with E-state index in [9.17, 15) is 13.6 Å². The minimum atomic E-state index is -2.91. The van der Waals surface area contributed by atoms with Gasteiger partial charge in [-0.2, -0.15) is 8.78 Å². The van der Waals surface area contributed by atoms with Gasteiger partial charge < -0.3 is 10.1 Å². The third kappa shape index (κ3) is 3.71. The fourth-order valence-electron chi connectivity index (χ4n) is 1.54. The largest absolute Gasteiger partial charge is 0.434 e. The van der Waals surface area contributed by atoms with Crippen molar-refractivity contribution in [3.8, 4) is 5.75 Å². The van der Waals surface area contributed by atoms with Gasteiger partial charge in [0.15, 0.2) is 0 Å². The summed E-state index contributed by atoms with van der Waals surface area (Å²) in [6.07, 6.45) is 4.15. The van der Waals surface area contributed by atoms with Crippen LogP contribution >= 0.6 is 0 Å². The number of carbonyl (C=O) groups is 1. The summed E-state index contributed by atoms with van der Waals surface area (Å²) in [6, 6.07) is 6.25. The van der Waals surface area contributed by atoms with Crippen molar-refractivity contribution in [2.75, 3.05) is 0 Å². The summed E-state index contributed by atoms with van der Waals surface area (Å²) >= 11 is 0. The molecule has 1 N–H and O–H groups in total. The molecular formula is C13H11F2N3O2. The number of carbonyl (C=O) groups excluding carboxylic acids is 1. The second-order valence-corrected chi connectivity index (χ2v) is 3.76. The van der Waals surface area contributed by atoms with Crippen LogP contribution in [-0.4, -0.2) is 22.5 Å². The number of rotatable bonds is 5. The first-order valence-electron chi connectivity index (χ1n) is 5.74. The van der Waals surface area contributed by atoms with E-state index in [1.165, 1.54) is 24.7 Å². The first-order valence-corrected chi connectivity index (χ1v) is 5.74. The Morgan fingerprint density at radius 2 is 2.10 bits per heavy atom. The van der Waals surface area contributed by atoms with Crippen molar-refractivity contribution in [2.24, 2.45) is 0 Å². The summed E-state index contributed by atoms with van der Waals surface area (Å²) < 4.78 is 28.8. The summed E-state index contributed by atoms with van der Waals surface area (Å²) in [5.41, 5.74) is 0.602. The highest BCUT2D eigenvalue weighted by atomic mass is 19.3. The van der Waals surface area contributed by atoms with Gasteiger partial charge in [-0.25, -0.2) is 4.98 Å². The Kier molecular flexibility index (Phi) is 4.54. The van der Waals surface area contributed by atoms with Crippen LogP contribution in [0.2, 0.25) is 0 Å². The van der Waals surface area contributed by atoms with Crippen molar-refractivity contribution in [3.05, 3.63) is 54.1 Å². The Bertz CT molecular complexity index is 579. The van der Waals surface area contributed by atoms with Crippen LogP contribution in [0.1, 0.15) is 16.1 Å². The molecule has 1 aromatic carbocycles. The Morgan fingerprint density at radius 3 is 2.80 bits per heavy atom. The molecule has 20 heavy (non-hydrogen) atoms. The van der Waals surface area contributed by atoms with E-state index in [1.54, 1.807) is 18.2 Å². The van der Waals surface area contributed by atoms with Crippen LogP contribution in [0, 0.1) is 0 Å². The summed E-state index contributed by atoms with van der Waals surface area (Å²) in [4.78, 5) is 19.4. The SMILES string of the molecule is O=C(NCc1ccccc1OC(F)F)c1cnccn1. The Balaban J connectivity index is 2.02. The van der Waals surface area contributed by atoms with Crippen LogP contribution in [0.4, 0.5) is 8.78 Å². The third-order valence-electron chi connectivity index (χ3n) is 2.42. The number of benzene rings is 1. The predicted octanol–water partition coefficient (Wildman–Crippen LogP) is 2.01. The van der Waals surface area contributed by atoms with E-state index in [-0.39, 0.29) is 18.0 Å². The lowest BCUT2D eigenvalue weighted by atomic mass is 10.2. The van der Waals surface area contributed by atoms with Gasteiger partial charge in [0, 0.05) is 24.5 Å². The monoisotopic (exact) mass is 279 g/mol. The molecule has 2 rings (SSSR count). The van der Waals surface area contributed by atoms with Gasteiger partial charge >= 0.3 is 6.61 Å². The average Bonchev–Trinajstić information content (AvgIpc) is 2.46. The zero-order chi connectivity index (χ0) is 14.4. The number of hydrogen-bond donors (Lipinski definition) is 1. The van der Waals surface area contributed by atoms with Gasteiger partial charge in [-0.15, -0.1) is 0 Å². The number of alkyl halides is 2. The van der Waals surface area contributed by atoms with Crippen LogP contribution in [0.15, 0.2) is 42.9 Å². The maximum atomic E-state index is 12.2. The van der Waals surface area contributed by atoms with Crippen molar-refractivity contribution in [3.63, 3.8) is 0 Å². The molecule has 0 aliphatic heterocycles. The van der Waals surface area contributed by atoms with E-state index in [0.717, 1.165) is 0 Å². The smallest absolute Gasteiger partial charge is 0.387 e. The molecule has 0 aliphatic rings. The molecule has 1 amide bonds. The molecule has 5 nitrogen and oxygen atoms in total. The molecule has 0 unspecified atom stereocenters. The van der Waals surface area contributed by atoms with Gasteiger partial charge in [-0.1, -0.05) is 18.2 Å². The number of nitrogens with zero attached hydrogens (tertiary/aromatic N) is 2. The lowest BCUT2D eigenvalue weighted by Gasteiger charge is -2.11. The standard InChI is InChI=1S/C13H11F2N3O2/c14-13(15)20-11-4-2-1-3-9(11)7-18-12(19)10-8-16-5-6-17-10/h1-6,8,13H,7H2,(H,18,19). The number of halogens is 2. The molecule has 0 spiro atoms. The molecule has 0 radical (unpaired) electrons. The van der Waals surface area contributed by atoms with Crippen molar-refractivity contribution < 1.29 is 18.3 Å². The van der Waals surface area contributed by atoms with Gasteiger partial charge in [0.05, 0.1) is 6.20 Å². The quantitative estimate of drug-likeness (QED) is 0.909. The number of amides is 1. The maximum Gasteiger partial charge on any atom is 0.387 e. The van der Waals surface area contributed by atoms with E-state index in [0.29, 0.717) is 5.56 Å². The van der Waals surface area contributed by atoms with Crippen molar-refractivity contribution in [1.29, 1.82) is 0 Å². The van der Waals surface area contributed by atoms with Crippen LogP contribution in [0.25, 0.3) is 0 Å². The van der Waals surface area contributed by atoms with E-state index in [1.807, 2.05) is 0 Å². The Hall–Kier alpha value is -2.57. The van der Waals surface area contributed by atoms with E-state index >= 15 is 0 Å². The van der Waals surface area contributed by atoms with E-state index < -0.39 is 12.5 Å². The lowest BCUT2D eigenvalue weighted by molar-refractivity contribution is -0.0504. The molecule has 0 fully saturated rings. The average molecular weight is 279 g/mol. The molecule has 0 aliphatic carbocycles. The normalized spacial score (nSPS) is 10.3. The summed E-state index contributed by atoms with van der Waals surface area (Å²) in [5.74, 6) is -0.410. The minimum Gasteiger partial charge on any atom is -0.434 e. The molecule has 1 aromatic heterocycles. The zero-order valence-electron chi connectivity index (χ0n) is 10.3. The second kappa shape index (κ2) is 6.55. The fraction of sp³-hybridized carbons (Fsp3) is 0.154. The van der Waals surface area contributed by atoms with Crippen LogP contribution in [0.5, 0.6) is 5.75 Å². The topological polar surface area (TPSA) is 64.1 Å². The zero-order valence-corrected chi connectivity index (χ0v) is 10.3. The van der Waals surface area contributed by atoms with E-state index in [2.05, 4.69) is 20.0 Å². The predicted molar refractivity (Wildman–Crippen MR) is 66.3 cm³/mol. The van der Waals surface area contributed by atoms with Gasteiger partial charge in [0.1, 0.15) is 11.4 Å². The molecule has 1 heterocycles. The molecule has 7 heteroatoms. The Morgan fingerprint density at radius 1 is 1.30 bits per heavy atom. The lowest BCUT2D eigenvalue weighted by Crippen LogP contribution is -2.24. The highest BCUT2D eigenvalue weighted by Crippen LogP contribution is 2.19. The number of para-hydroxylation sites is 1. The van der Waals surface area contributed by atoms with Gasteiger partial charge in [-0.3, -0.25) is 9.78 Å². The minimum absolute atomic E-state index is 0.0296. The third-order valence-corrected chi connectivity index (χ3v) is 2.42. The molecule has 0 bridgehead atoms. The molecular weight excluding hydrogens is 268 g/mol. The highest BCUT2D eigenvalue weighted by molar-refractivity contribution is 5.91. The van der Waals surface area contributed by atoms with E-state index in [4.69, 9.17) is 0 Å². The summed E-state index contributed by atoms with van der Waals surface area (Å²) in [7, 11) is 0. The summed E-state index contributed by atoms with van der Waals surface area (Å²) in [6.45, 7) is -2.86. The number of nitrogens with one attached hydrogen (secondary N) is 1. The molecule has 0 saturated heterocycles. The molecule has 0 atom stereocenters. The fourth-order valence-corrected chi connectivity index (χ4v) is 1.54. The molecule has 2 aromatic rings. The highest BCUT2D eigenvalue weighted by Gasteiger charge is 2.11. The summed E-state index contributed by atoms with van der Waals surface area (Å²) in [5, 5.41) is 2.56. The first kappa shape index (κ1) is 13.9. The second-order valence-electron chi connectivity index (χ2n) is 3.76. The van der Waals surface area contributed by atoms with Gasteiger partial charge in [0.25, 0.3) is 5.91 Å². The number of hydrogen-bond acceptors (Lipinski definition) is 4. The molecule has 104 valence electrons. The number of aromatic nitrogens is 2. The van der Waals surface area contributed by atoms with Crippen molar-refractivity contribution in [1.82, 2.24) is 15.3 Å². The first-order chi connectivity index (χ1) is 9.66. The van der Waals surface area contributed by atoms with Crippen molar-refractivity contribution in [2.45, 2.75) is 13.2 Å². The van der Waals surface area contributed by atoms with Crippen molar-refractivity contribution >= 4 is 5.91 Å².